The summed E-state index contributed by atoms with van der Waals surface area (Å²) in [4.78, 5) is 23.9. The molecule has 1 atom stereocenters. The minimum Gasteiger partial charge on any atom is -0.463 e. The normalized spacial score (nSPS) is 14.7. The average Bonchev–Trinajstić information content (AvgIpc) is 2.45. The van der Waals surface area contributed by atoms with Crippen LogP contribution in [0.5, 0.6) is 0 Å². The largest absolute Gasteiger partial charge is 0.512 e. The summed E-state index contributed by atoms with van der Waals surface area (Å²) in [5, 5.41) is 0. The predicted molar refractivity (Wildman–Crippen MR) is 125 cm³/mol. The number of rotatable bonds is 12. The van der Waals surface area contributed by atoms with E-state index in [1.807, 2.05) is 6.92 Å². The van der Waals surface area contributed by atoms with E-state index in [4.69, 9.17) is 21.8 Å². The molecule has 29 heavy (non-hydrogen) atoms. The Bertz CT molecular complexity index is 533. The van der Waals surface area contributed by atoms with Gasteiger partial charge in [-0.05, 0) is 72.3 Å². The van der Waals surface area contributed by atoms with Gasteiger partial charge in [0.1, 0.15) is 0 Å². The van der Waals surface area contributed by atoms with E-state index in [1.54, 1.807) is 6.92 Å². The van der Waals surface area contributed by atoms with Crippen LogP contribution < -0.4 is 0 Å². The van der Waals surface area contributed by atoms with Crippen LogP contribution in [0.15, 0.2) is 12.2 Å². The lowest BCUT2D eigenvalue weighted by atomic mass is 10.5. The Morgan fingerprint density at radius 2 is 1.10 bits per heavy atom. The van der Waals surface area contributed by atoms with Gasteiger partial charge in [0.25, 0.3) is 0 Å². The molecule has 0 aliphatic carbocycles. The van der Waals surface area contributed by atoms with Crippen LogP contribution >= 0.6 is 0 Å². The van der Waals surface area contributed by atoms with Crippen LogP contribution in [0.2, 0.25) is 58.9 Å². The molecule has 0 spiro atoms. The molecule has 0 saturated heterocycles. The molecule has 0 aliphatic rings. The van der Waals surface area contributed by atoms with Crippen molar-refractivity contribution in [2.45, 2.75) is 84.9 Å². The maximum absolute atomic E-state index is 12.4. The minimum absolute atomic E-state index is 0.240. The first-order chi connectivity index (χ1) is 12.9. The average molecular weight is 481 g/mol. The van der Waals surface area contributed by atoms with Gasteiger partial charge in [-0.15, -0.1) is 0 Å². The number of hydrogen-bond acceptors (Lipinski definition) is 7. The van der Waals surface area contributed by atoms with Crippen LogP contribution in [-0.4, -0.2) is 58.0 Å². The molecule has 0 aromatic heterocycles. The second kappa shape index (κ2) is 11.2. The third-order valence-corrected chi connectivity index (χ3v) is 15.1. The molecule has 11 heteroatoms. The first-order valence-corrected chi connectivity index (χ1v) is 22.1. The van der Waals surface area contributed by atoms with Crippen LogP contribution in [0, 0.1) is 0 Å². The third-order valence-electron chi connectivity index (χ3n) is 3.01. The zero-order valence-electron chi connectivity index (χ0n) is 20.0. The molecule has 0 bridgehead atoms. The maximum atomic E-state index is 12.4. The Balaban J connectivity index is 5.99. The van der Waals surface area contributed by atoms with E-state index >= 15 is 0 Å². The molecule has 0 aromatic rings. The van der Waals surface area contributed by atoms with Gasteiger partial charge in [-0.2, -0.15) is 0 Å². The zero-order valence-corrected chi connectivity index (χ0v) is 24.0. The van der Waals surface area contributed by atoms with E-state index in [0.717, 1.165) is 12.2 Å². The van der Waals surface area contributed by atoms with Gasteiger partial charge < -0.3 is 21.8 Å². The fourth-order valence-electron chi connectivity index (χ4n) is 2.45. The summed E-state index contributed by atoms with van der Waals surface area (Å²) in [6.07, 6.45) is 2.64. The Morgan fingerprint density at radius 1 is 0.724 bits per heavy atom. The molecule has 170 valence electrons. The van der Waals surface area contributed by atoms with Crippen molar-refractivity contribution in [2.75, 3.05) is 6.61 Å². The SMILES string of the molecule is CCOC(=O)/C=C/C(=O)OC(CC)[Si](O[Si](C)(C)C)(O[Si](C)(C)C)O[Si](C)(C)C. The smallest absolute Gasteiger partial charge is 0.463 e. The molecule has 0 N–H and O–H groups in total. The van der Waals surface area contributed by atoms with Crippen molar-refractivity contribution in [1.82, 2.24) is 0 Å². The molecule has 0 aromatic carbocycles. The molecule has 1 unspecified atom stereocenters. The Hall–Kier alpha value is -0.572. The highest BCUT2D eigenvalue weighted by atomic mass is 28.5. The van der Waals surface area contributed by atoms with E-state index in [0.29, 0.717) is 6.42 Å². The van der Waals surface area contributed by atoms with Crippen molar-refractivity contribution in [3.05, 3.63) is 12.2 Å². The van der Waals surface area contributed by atoms with Crippen LogP contribution in [0.1, 0.15) is 20.3 Å². The highest BCUT2D eigenvalue weighted by Crippen LogP contribution is 2.31. The second-order valence-electron chi connectivity index (χ2n) is 9.67. The first-order valence-electron chi connectivity index (χ1n) is 10.1. The highest BCUT2D eigenvalue weighted by molar-refractivity contribution is 6.90. The topological polar surface area (TPSA) is 80.3 Å². The number of ether oxygens (including phenoxy) is 2. The molecule has 0 amide bonds. The van der Waals surface area contributed by atoms with Gasteiger partial charge in [-0.25, -0.2) is 9.59 Å². The Labute approximate surface area is 180 Å². The molecular formula is C18H40O7Si4. The summed E-state index contributed by atoms with van der Waals surface area (Å²) < 4.78 is 30.4. The van der Waals surface area contributed by atoms with E-state index in [1.165, 1.54) is 0 Å². The fraction of sp³-hybridized carbons (Fsp3) is 0.778. The summed E-state index contributed by atoms with van der Waals surface area (Å²) >= 11 is 0. The maximum Gasteiger partial charge on any atom is 0.512 e. The van der Waals surface area contributed by atoms with Crippen molar-refractivity contribution in [3.8, 4) is 0 Å². The summed E-state index contributed by atoms with van der Waals surface area (Å²) in [6, 6.07) is 0. The number of esters is 2. The molecule has 0 aliphatic heterocycles. The minimum atomic E-state index is -3.37. The molecule has 0 rings (SSSR count). The molecule has 0 fully saturated rings. The van der Waals surface area contributed by atoms with Gasteiger partial charge in [-0.1, -0.05) is 6.92 Å². The van der Waals surface area contributed by atoms with Gasteiger partial charge in [0, 0.05) is 12.2 Å². The van der Waals surface area contributed by atoms with Gasteiger partial charge in [-0.3, -0.25) is 0 Å². The van der Waals surface area contributed by atoms with Crippen molar-refractivity contribution >= 4 is 45.7 Å². The Morgan fingerprint density at radius 3 is 1.41 bits per heavy atom. The summed E-state index contributed by atoms with van der Waals surface area (Å²) in [7, 11) is -9.66. The van der Waals surface area contributed by atoms with Gasteiger partial charge in [0.05, 0.1) is 6.61 Å². The lowest BCUT2D eigenvalue weighted by Gasteiger charge is -2.45. The highest BCUT2D eigenvalue weighted by Gasteiger charge is 2.57. The lowest BCUT2D eigenvalue weighted by Crippen LogP contribution is -2.67. The van der Waals surface area contributed by atoms with Crippen LogP contribution in [0.25, 0.3) is 0 Å². The Kier molecular flexibility index (Phi) is 10.9. The van der Waals surface area contributed by atoms with Crippen LogP contribution in [-0.2, 0) is 31.4 Å². The van der Waals surface area contributed by atoms with E-state index in [2.05, 4.69) is 58.9 Å². The van der Waals surface area contributed by atoms with E-state index < -0.39 is 51.4 Å². The van der Waals surface area contributed by atoms with Gasteiger partial charge >= 0.3 is 20.7 Å². The second-order valence-corrected chi connectivity index (χ2v) is 26.6. The number of carbonyl (C=O) groups is 2. The third kappa shape index (κ3) is 12.7. The molecule has 0 heterocycles. The quantitative estimate of drug-likeness (QED) is 0.232. The monoisotopic (exact) mass is 480 g/mol. The van der Waals surface area contributed by atoms with Gasteiger partial charge in [0.15, 0.2) is 30.7 Å². The number of hydrogen-bond donors (Lipinski definition) is 0. The van der Waals surface area contributed by atoms with Crippen LogP contribution in [0.4, 0.5) is 0 Å². The predicted octanol–water partition coefficient (Wildman–Crippen LogP) is 4.46. The fourth-order valence-corrected chi connectivity index (χ4v) is 16.7. The first kappa shape index (κ1) is 28.4. The molecule has 0 radical (unpaired) electrons. The molecule has 7 nitrogen and oxygen atoms in total. The lowest BCUT2D eigenvalue weighted by molar-refractivity contribution is -0.143. The van der Waals surface area contributed by atoms with Crippen molar-refractivity contribution in [2.24, 2.45) is 0 Å². The summed E-state index contributed by atoms with van der Waals surface area (Å²) in [5.74, 6) is -1.23. The molecular weight excluding hydrogens is 441 g/mol. The van der Waals surface area contributed by atoms with Crippen molar-refractivity contribution < 1.29 is 31.4 Å². The van der Waals surface area contributed by atoms with E-state index in [9.17, 15) is 9.59 Å². The summed E-state index contributed by atoms with van der Waals surface area (Å²) in [6.45, 7) is 22.5. The van der Waals surface area contributed by atoms with Gasteiger partial charge in [0.2, 0.25) is 0 Å². The van der Waals surface area contributed by atoms with Crippen LogP contribution in [0.3, 0.4) is 0 Å². The summed E-state index contributed by atoms with van der Waals surface area (Å²) in [5.41, 5.74) is -0.646. The zero-order chi connectivity index (χ0) is 23.1. The molecule has 0 saturated carbocycles. The van der Waals surface area contributed by atoms with E-state index in [-0.39, 0.29) is 6.61 Å². The number of carbonyl (C=O) groups excluding carboxylic acids is 2. The van der Waals surface area contributed by atoms with Crippen molar-refractivity contribution in [1.29, 1.82) is 0 Å². The van der Waals surface area contributed by atoms with Crippen molar-refractivity contribution in [3.63, 3.8) is 0 Å². The standard InChI is InChI=1S/C18H40O7Si4/c1-12-18(22-17(20)15-14-16(19)21-13-2)29(23-26(3,4)5,24-27(6,7)8)25-28(9,10)11/h14-15,18H,12-13H2,1-11H3/b15-14+.